The van der Waals surface area contributed by atoms with Crippen molar-refractivity contribution in [3.8, 4) is 0 Å². The second-order valence-electron chi connectivity index (χ2n) is 4.67. The minimum atomic E-state index is -3.23. The average Bonchev–Trinajstić information content (AvgIpc) is 2.35. The SMILES string of the molecule is COP(=O)(CC(=O)CCc1cc(C)cc(C)c1)OC. The Labute approximate surface area is 114 Å². The van der Waals surface area contributed by atoms with E-state index in [4.69, 9.17) is 9.05 Å². The first kappa shape index (κ1) is 16.1. The molecule has 1 aromatic carbocycles. The Morgan fingerprint density at radius 3 is 2.11 bits per heavy atom. The van der Waals surface area contributed by atoms with Crippen molar-refractivity contribution in [2.24, 2.45) is 0 Å². The van der Waals surface area contributed by atoms with Crippen molar-refractivity contribution in [1.29, 1.82) is 0 Å². The summed E-state index contributed by atoms with van der Waals surface area (Å²) in [4.78, 5) is 11.8. The lowest BCUT2D eigenvalue weighted by Gasteiger charge is -2.12. The molecule has 0 N–H and O–H groups in total. The van der Waals surface area contributed by atoms with Crippen LogP contribution in [0.1, 0.15) is 23.1 Å². The molecule has 1 rings (SSSR count). The maximum atomic E-state index is 11.8. The van der Waals surface area contributed by atoms with Gasteiger partial charge in [-0.3, -0.25) is 9.36 Å². The Bertz CT molecular complexity index is 468. The normalized spacial score (nSPS) is 11.6. The average molecular weight is 284 g/mol. The number of hydrogen-bond acceptors (Lipinski definition) is 4. The first-order valence-electron chi connectivity index (χ1n) is 6.18. The molecule has 0 spiro atoms. The van der Waals surface area contributed by atoms with Gasteiger partial charge >= 0.3 is 7.60 Å². The molecule has 0 aliphatic rings. The molecule has 106 valence electrons. The number of carbonyl (C=O) groups is 1. The lowest BCUT2D eigenvalue weighted by atomic mass is 10.0. The summed E-state index contributed by atoms with van der Waals surface area (Å²) >= 11 is 0. The highest BCUT2D eigenvalue weighted by atomic mass is 31.2. The predicted molar refractivity (Wildman–Crippen MR) is 75.7 cm³/mol. The molecule has 0 fully saturated rings. The van der Waals surface area contributed by atoms with Gasteiger partial charge in [0.25, 0.3) is 0 Å². The van der Waals surface area contributed by atoms with E-state index >= 15 is 0 Å². The fourth-order valence-corrected chi connectivity index (χ4v) is 2.99. The molecule has 0 atom stereocenters. The maximum absolute atomic E-state index is 11.8. The monoisotopic (exact) mass is 284 g/mol. The number of rotatable bonds is 7. The molecular weight excluding hydrogens is 263 g/mol. The Morgan fingerprint density at radius 2 is 1.63 bits per heavy atom. The zero-order valence-corrected chi connectivity index (χ0v) is 12.8. The molecule has 0 aliphatic carbocycles. The van der Waals surface area contributed by atoms with Crippen molar-refractivity contribution in [2.45, 2.75) is 26.7 Å². The molecule has 0 amide bonds. The van der Waals surface area contributed by atoms with Gasteiger partial charge < -0.3 is 9.05 Å². The summed E-state index contributed by atoms with van der Waals surface area (Å²) in [5.41, 5.74) is 3.49. The minimum Gasteiger partial charge on any atom is -0.312 e. The number of benzene rings is 1. The van der Waals surface area contributed by atoms with Crippen molar-refractivity contribution in [3.63, 3.8) is 0 Å². The molecule has 0 heterocycles. The summed E-state index contributed by atoms with van der Waals surface area (Å²) in [5, 5.41) is 0. The largest absolute Gasteiger partial charge is 0.337 e. The van der Waals surface area contributed by atoms with E-state index in [0.717, 1.165) is 5.56 Å². The van der Waals surface area contributed by atoms with Gasteiger partial charge in [-0.1, -0.05) is 29.3 Å². The Morgan fingerprint density at radius 1 is 1.11 bits per heavy atom. The molecule has 0 unspecified atom stereocenters. The number of ketones is 1. The van der Waals surface area contributed by atoms with E-state index in [0.29, 0.717) is 12.8 Å². The summed E-state index contributed by atoms with van der Waals surface area (Å²) in [6.07, 6.45) is 0.833. The molecule has 4 nitrogen and oxygen atoms in total. The number of hydrogen-bond donors (Lipinski definition) is 0. The van der Waals surface area contributed by atoms with E-state index in [-0.39, 0.29) is 11.9 Å². The van der Waals surface area contributed by atoms with E-state index in [9.17, 15) is 9.36 Å². The Balaban J connectivity index is 2.57. The van der Waals surface area contributed by atoms with Crippen LogP contribution in [0.5, 0.6) is 0 Å². The third kappa shape index (κ3) is 5.27. The van der Waals surface area contributed by atoms with Gasteiger partial charge in [-0.25, -0.2) is 0 Å². The summed E-state index contributed by atoms with van der Waals surface area (Å²) < 4.78 is 21.3. The fourth-order valence-electron chi connectivity index (χ4n) is 2.00. The van der Waals surface area contributed by atoms with Crippen LogP contribution in [-0.4, -0.2) is 26.2 Å². The molecule has 0 radical (unpaired) electrons. The molecule has 0 bridgehead atoms. The van der Waals surface area contributed by atoms with Gasteiger partial charge in [-0.05, 0) is 25.8 Å². The van der Waals surface area contributed by atoms with Crippen LogP contribution in [0.15, 0.2) is 18.2 Å². The van der Waals surface area contributed by atoms with Crippen LogP contribution in [0.2, 0.25) is 0 Å². The van der Waals surface area contributed by atoms with Gasteiger partial charge in [-0.2, -0.15) is 0 Å². The van der Waals surface area contributed by atoms with E-state index in [1.54, 1.807) is 0 Å². The van der Waals surface area contributed by atoms with Gasteiger partial charge in [0.05, 0.1) is 0 Å². The van der Waals surface area contributed by atoms with E-state index in [1.807, 2.05) is 13.8 Å². The van der Waals surface area contributed by atoms with E-state index in [2.05, 4.69) is 18.2 Å². The van der Waals surface area contributed by atoms with Crippen LogP contribution in [0.4, 0.5) is 0 Å². The molecule has 0 saturated heterocycles. The standard InChI is InChI=1S/C14H21O4P/c1-11-7-12(2)9-13(8-11)5-6-14(15)10-19(16,17-3)18-4/h7-9H,5-6,10H2,1-4H3. The third-order valence-corrected chi connectivity index (χ3v) is 4.75. The van der Waals surface area contributed by atoms with E-state index < -0.39 is 7.60 Å². The first-order valence-corrected chi connectivity index (χ1v) is 7.91. The van der Waals surface area contributed by atoms with Gasteiger partial charge in [-0.15, -0.1) is 0 Å². The Hall–Kier alpha value is -0.960. The molecule has 0 aliphatic heterocycles. The lowest BCUT2D eigenvalue weighted by molar-refractivity contribution is -0.116. The topological polar surface area (TPSA) is 52.6 Å². The number of aryl methyl sites for hydroxylation is 3. The molecule has 0 saturated carbocycles. The van der Waals surface area contributed by atoms with Crippen LogP contribution in [-0.2, 0) is 24.8 Å². The number of carbonyl (C=O) groups excluding carboxylic acids is 1. The van der Waals surface area contributed by atoms with Crippen LogP contribution >= 0.6 is 7.60 Å². The van der Waals surface area contributed by atoms with Gasteiger partial charge in [0.2, 0.25) is 0 Å². The minimum absolute atomic E-state index is 0.105. The summed E-state index contributed by atoms with van der Waals surface area (Å²) in [6.45, 7) is 4.06. The Kier molecular flexibility index (Phi) is 5.92. The zero-order valence-electron chi connectivity index (χ0n) is 11.9. The molecular formula is C14H21O4P. The first-order chi connectivity index (χ1) is 8.88. The zero-order chi connectivity index (χ0) is 14.5. The number of Topliss-reactive ketones (excluding diaryl/α,β-unsaturated/α-hetero) is 1. The molecule has 19 heavy (non-hydrogen) atoms. The van der Waals surface area contributed by atoms with Crippen LogP contribution in [0, 0.1) is 13.8 Å². The van der Waals surface area contributed by atoms with Crippen LogP contribution in [0.3, 0.4) is 0 Å². The highest BCUT2D eigenvalue weighted by Crippen LogP contribution is 2.46. The fraction of sp³-hybridized carbons (Fsp3) is 0.500. The molecule has 5 heteroatoms. The van der Waals surface area contributed by atoms with Gasteiger partial charge in [0, 0.05) is 20.6 Å². The van der Waals surface area contributed by atoms with Crippen molar-refractivity contribution in [1.82, 2.24) is 0 Å². The second-order valence-corrected chi connectivity index (χ2v) is 6.94. The van der Waals surface area contributed by atoms with Crippen LogP contribution < -0.4 is 0 Å². The van der Waals surface area contributed by atoms with E-state index in [1.165, 1.54) is 25.3 Å². The van der Waals surface area contributed by atoms with Gasteiger partial charge in [0.15, 0.2) is 0 Å². The predicted octanol–water partition coefficient (Wildman–Crippen LogP) is 3.29. The quantitative estimate of drug-likeness (QED) is 0.721. The van der Waals surface area contributed by atoms with Crippen molar-refractivity contribution in [3.05, 3.63) is 34.9 Å². The van der Waals surface area contributed by atoms with Crippen LogP contribution in [0.25, 0.3) is 0 Å². The second kappa shape index (κ2) is 6.99. The summed E-state index contributed by atoms with van der Waals surface area (Å²) in [7, 11) is -0.641. The molecule has 1 aromatic rings. The lowest BCUT2D eigenvalue weighted by Crippen LogP contribution is -2.09. The summed E-state index contributed by atoms with van der Waals surface area (Å²) in [5.74, 6) is -0.105. The van der Waals surface area contributed by atoms with Crippen molar-refractivity contribution >= 4 is 13.4 Å². The van der Waals surface area contributed by atoms with Gasteiger partial charge in [0.1, 0.15) is 11.9 Å². The highest BCUT2D eigenvalue weighted by molar-refractivity contribution is 7.54. The smallest absolute Gasteiger partial charge is 0.312 e. The van der Waals surface area contributed by atoms with Crippen molar-refractivity contribution in [2.75, 3.05) is 20.4 Å². The van der Waals surface area contributed by atoms with Crippen molar-refractivity contribution < 1.29 is 18.4 Å². The highest BCUT2D eigenvalue weighted by Gasteiger charge is 2.24. The molecule has 0 aromatic heterocycles. The third-order valence-electron chi connectivity index (χ3n) is 2.90. The summed E-state index contributed by atoms with van der Waals surface area (Å²) in [6, 6.07) is 6.22. The maximum Gasteiger partial charge on any atom is 0.337 e.